The summed E-state index contributed by atoms with van der Waals surface area (Å²) in [5.74, 6) is -0.232. The first-order valence-electron chi connectivity index (χ1n) is 14.3. The molecule has 8 nitrogen and oxygen atoms in total. The predicted octanol–water partition coefficient (Wildman–Crippen LogP) is 5.82. The van der Waals surface area contributed by atoms with E-state index in [1.165, 1.54) is 17.0 Å². The number of nitrogens with one attached hydrogen (secondary N) is 1. The van der Waals surface area contributed by atoms with E-state index in [0.29, 0.717) is 18.0 Å². The van der Waals surface area contributed by atoms with Crippen LogP contribution >= 0.6 is 15.9 Å². The van der Waals surface area contributed by atoms with Crippen LogP contribution in [0.4, 0.5) is 5.69 Å². The van der Waals surface area contributed by atoms with Gasteiger partial charge in [-0.2, -0.15) is 0 Å². The van der Waals surface area contributed by atoms with Crippen LogP contribution < -0.4 is 14.4 Å². The molecular weight excluding hydrogens is 642 g/mol. The summed E-state index contributed by atoms with van der Waals surface area (Å²) in [5.41, 5.74) is 1.93. The average molecular weight is 679 g/mol. The molecule has 0 fully saturated rings. The molecule has 0 radical (unpaired) electrons. The number of sulfonamides is 1. The summed E-state index contributed by atoms with van der Waals surface area (Å²) in [4.78, 5) is 29.7. The second-order valence-electron chi connectivity index (χ2n) is 10.2. The van der Waals surface area contributed by atoms with Crippen molar-refractivity contribution in [3.05, 3.63) is 125 Å². The first kappa shape index (κ1) is 32.8. The van der Waals surface area contributed by atoms with Crippen molar-refractivity contribution >= 4 is 43.5 Å². The highest BCUT2D eigenvalue weighted by Crippen LogP contribution is 2.27. The van der Waals surface area contributed by atoms with Gasteiger partial charge in [0.15, 0.2) is 0 Å². The summed E-state index contributed by atoms with van der Waals surface area (Å²) >= 11 is 3.40. The Labute approximate surface area is 267 Å². The van der Waals surface area contributed by atoms with Crippen LogP contribution in [0, 0.1) is 0 Å². The molecule has 0 bridgehead atoms. The monoisotopic (exact) mass is 677 g/mol. The van der Waals surface area contributed by atoms with Gasteiger partial charge in [-0.05, 0) is 66.1 Å². The number of carbonyl (C=O) groups is 2. The molecule has 44 heavy (non-hydrogen) atoms. The first-order chi connectivity index (χ1) is 21.2. The molecule has 0 aliphatic carbocycles. The van der Waals surface area contributed by atoms with Crippen LogP contribution in [0.5, 0.6) is 5.75 Å². The Morgan fingerprint density at radius 1 is 0.864 bits per heavy atom. The Bertz CT molecular complexity index is 1630. The zero-order chi connectivity index (χ0) is 31.5. The SMILES string of the molecule is CCCNC(=O)C(Cc1ccccc1)N(Cc1cccc(OC)c1)C(=O)CN(c1ccc(Br)cc1)S(=O)(=O)c1ccccc1. The van der Waals surface area contributed by atoms with Gasteiger partial charge in [0.25, 0.3) is 10.0 Å². The highest BCUT2D eigenvalue weighted by molar-refractivity contribution is 9.10. The van der Waals surface area contributed by atoms with Gasteiger partial charge < -0.3 is 15.0 Å². The minimum absolute atomic E-state index is 0.0524. The Morgan fingerprint density at radius 3 is 2.14 bits per heavy atom. The fourth-order valence-corrected chi connectivity index (χ4v) is 6.44. The van der Waals surface area contributed by atoms with Crippen molar-refractivity contribution in [2.45, 2.75) is 37.2 Å². The van der Waals surface area contributed by atoms with Crippen molar-refractivity contribution in [2.75, 3.05) is 24.5 Å². The van der Waals surface area contributed by atoms with Crippen molar-refractivity contribution in [1.82, 2.24) is 10.2 Å². The van der Waals surface area contributed by atoms with Crippen LogP contribution in [0.2, 0.25) is 0 Å². The third-order valence-corrected chi connectivity index (χ3v) is 9.35. The van der Waals surface area contributed by atoms with E-state index in [1.807, 2.05) is 49.4 Å². The smallest absolute Gasteiger partial charge is 0.264 e. The summed E-state index contributed by atoms with van der Waals surface area (Å²) in [6.45, 7) is 1.94. The second-order valence-corrected chi connectivity index (χ2v) is 12.9. The number of hydrogen-bond acceptors (Lipinski definition) is 5. The Kier molecular flexibility index (Phi) is 11.6. The van der Waals surface area contributed by atoms with E-state index in [4.69, 9.17) is 4.74 Å². The number of benzene rings is 4. The molecule has 0 saturated heterocycles. The van der Waals surface area contributed by atoms with Crippen molar-refractivity contribution in [1.29, 1.82) is 0 Å². The van der Waals surface area contributed by atoms with E-state index in [2.05, 4.69) is 21.2 Å². The number of nitrogens with zero attached hydrogens (tertiary/aromatic N) is 2. The molecule has 4 rings (SSSR count). The molecular formula is C34H36BrN3O5S. The molecule has 0 spiro atoms. The van der Waals surface area contributed by atoms with Crippen molar-refractivity contribution in [3.63, 3.8) is 0 Å². The molecule has 4 aromatic rings. The van der Waals surface area contributed by atoms with Crippen LogP contribution in [0.3, 0.4) is 0 Å². The van der Waals surface area contributed by atoms with Crippen LogP contribution in [-0.2, 0) is 32.6 Å². The Balaban J connectivity index is 1.79. The minimum Gasteiger partial charge on any atom is -0.497 e. The molecule has 0 heterocycles. The molecule has 1 atom stereocenters. The van der Waals surface area contributed by atoms with Gasteiger partial charge in [-0.1, -0.05) is 83.5 Å². The molecule has 0 saturated carbocycles. The van der Waals surface area contributed by atoms with E-state index in [9.17, 15) is 18.0 Å². The molecule has 4 aromatic carbocycles. The summed E-state index contributed by atoms with van der Waals surface area (Å²) in [6, 6.07) is 30.5. The summed E-state index contributed by atoms with van der Waals surface area (Å²) in [6.07, 6.45) is 0.968. The predicted molar refractivity (Wildman–Crippen MR) is 176 cm³/mol. The highest BCUT2D eigenvalue weighted by Gasteiger charge is 2.34. The van der Waals surface area contributed by atoms with E-state index < -0.39 is 28.5 Å². The van der Waals surface area contributed by atoms with E-state index >= 15 is 0 Å². The third-order valence-electron chi connectivity index (χ3n) is 7.03. The summed E-state index contributed by atoms with van der Waals surface area (Å²) in [5, 5.41) is 2.95. The van der Waals surface area contributed by atoms with Gasteiger partial charge in [0.2, 0.25) is 11.8 Å². The number of halogens is 1. The van der Waals surface area contributed by atoms with Crippen LogP contribution in [-0.4, -0.2) is 51.4 Å². The van der Waals surface area contributed by atoms with Crippen molar-refractivity contribution < 1.29 is 22.7 Å². The average Bonchev–Trinajstić information content (AvgIpc) is 3.05. The molecule has 0 aliphatic heterocycles. The van der Waals surface area contributed by atoms with Crippen LogP contribution in [0.25, 0.3) is 0 Å². The maximum atomic E-state index is 14.4. The van der Waals surface area contributed by atoms with Gasteiger partial charge in [0.05, 0.1) is 17.7 Å². The van der Waals surface area contributed by atoms with Gasteiger partial charge in [0.1, 0.15) is 18.3 Å². The maximum Gasteiger partial charge on any atom is 0.264 e. The summed E-state index contributed by atoms with van der Waals surface area (Å²) < 4.78 is 35.3. The van der Waals surface area contributed by atoms with E-state index in [0.717, 1.165) is 26.3 Å². The fourth-order valence-electron chi connectivity index (χ4n) is 4.74. The first-order valence-corrected chi connectivity index (χ1v) is 16.5. The number of carbonyl (C=O) groups excluding carboxylic acids is 2. The van der Waals surface area contributed by atoms with Crippen molar-refractivity contribution in [2.24, 2.45) is 0 Å². The number of amides is 2. The van der Waals surface area contributed by atoms with Gasteiger partial charge in [0, 0.05) is 24.0 Å². The molecule has 10 heteroatoms. The van der Waals surface area contributed by atoms with Gasteiger partial charge in [-0.15, -0.1) is 0 Å². The molecule has 2 amide bonds. The Hall–Kier alpha value is -4.15. The number of ether oxygens (including phenoxy) is 1. The zero-order valence-electron chi connectivity index (χ0n) is 24.7. The summed E-state index contributed by atoms with van der Waals surface area (Å²) in [7, 11) is -2.59. The quantitative estimate of drug-likeness (QED) is 0.182. The molecule has 0 aliphatic rings. The van der Waals surface area contributed by atoms with Crippen molar-refractivity contribution in [3.8, 4) is 5.75 Å². The van der Waals surface area contributed by atoms with Gasteiger partial charge >= 0.3 is 0 Å². The lowest BCUT2D eigenvalue weighted by Crippen LogP contribution is -2.53. The molecule has 1 N–H and O–H groups in total. The number of methoxy groups -OCH3 is 1. The van der Waals surface area contributed by atoms with E-state index in [-0.39, 0.29) is 23.8 Å². The zero-order valence-corrected chi connectivity index (χ0v) is 27.1. The molecule has 1 unspecified atom stereocenters. The topological polar surface area (TPSA) is 96.0 Å². The number of rotatable bonds is 14. The molecule has 230 valence electrons. The number of anilines is 1. The van der Waals surface area contributed by atoms with Gasteiger partial charge in [-0.3, -0.25) is 13.9 Å². The van der Waals surface area contributed by atoms with Crippen LogP contribution in [0.1, 0.15) is 24.5 Å². The number of hydrogen-bond donors (Lipinski definition) is 1. The lowest BCUT2D eigenvalue weighted by atomic mass is 10.0. The highest BCUT2D eigenvalue weighted by atomic mass is 79.9. The van der Waals surface area contributed by atoms with Gasteiger partial charge in [-0.25, -0.2) is 8.42 Å². The third kappa shape index (κ3) is 8.48. The fraction of sp³-hybridized carbons (Fsp3) is 0.235. The van der Waals surface area contributed by atoms with E-state index in [1.54, 1.807) is 61.7 Å². The minimum atomic E-state index is -4.15. The lowest BCUT2D eigenvalue weighted by molar-refractivity contribution is -0.140. The normalized spacial score (nSPS) is 11.8. The Morgan fingerprint density at radius 2 is 1.50 bits per heavy atom. The molecule has 0 aromatic heterocycles. The maximum absolute atomic E-state index is 14.4. The lowest BCUT2D eigenvalue weighted by Gasteiger charge is -2.34. The second kappa shape index (κ2) is 15.5. The van der Waals surface area contributed by atoms with Crippen LogP contribution in [0.15, 0.2) is 119 Å². The largest absolute Gasteiger partial charge is 0.497 e. The standard InChI is InChI=1S/C34H36BrN3O5S/c1-3-21-36-34(40)32(23-26-11-6-4-7-12-26)37(24-27-13-10-14-30(22-27)43-2)33(39)25-38(29-19-17-28(35)18-20-29)44(41,42)31-15-8-5-9-16-31/h4-20,22,32H,3,21,23-25H2,1-2H3,(H,36,40).